The number of halogens is 4. The minimum atomic E-state index is -3.99. The largest absolute Gasteiger partial charge is 0.266 e. The van der Waals surface area contributed by atoms with Gasteiger partial charge < -0.3 is 0 Å². The van der Waals surface area contributed by atoms with Crippen molar-refractivity contribution >= 4 is 48.5 Å². The lowest BCUT2D eigenvalue weighted by Gasteiger charge is -2.07. The lowest BCUT2D eigenvalue weighted by molar-refractivity contribution is 0.150. The number of aromatic nitrogens is 1. The molecule has 0 unspecified atom stereocenters. The molecule has 9 heteroatoms. The lowest BCUT2D eigenvalue weighted by Crippen LogP contribution is -2.16. The summed E-state index contributed by atoms with van der Waals surface area (Å²) in [7, 11) is -3.99. The van der Waals surface area contributed by atoms with E-state index < -0.39 is 21.5 Å². The molecule has 84 valence electrons. The van der Waals surface area contributed by atoms with Gasteiger partial charge in [-0.25, -0.2) is 27.3 Å². The van der Waals surface area contributed by atoms with Crippen molar-refractivity contribution in [2.45, 2.75) is 11.5 Å². The summed E-state index contributed by atoms with van der Waals surface area (Å²) in [6.07, 6.45) is -1.94. The highest BCUT2D eigenvalue weighted by molar-refractivity contribution is 14.1. The van der Waals surface area contributed by atoms with Crippen molar-refractivity contribution in [3.63, 3.8) is 0 Å². The second-order valence-electron chi connectivity index (χ2n) is 2.49. The van der Waals surface area contributed by atoms with Crippen LogP contribution in [0.1, 0.15) is 12.0 Å². The van der Waals surface area contributed by atoms with E-state index in [4.69, 9.17) is 5.14 Å². The number of nitrogens with zero attached hydrogens (tertiary/aromatic N) is 1. The highest BCUT2D eigenvalue weighted by atomic mass is 127. The maximum atomic E-state index is 12.4. The van der Waals surface area contributed by atoms with Crippen LogP contribution in [0.5, 0.6) is 0 Å². The summed E-state index contributed by atoms with van der Waals surface area (Å²) >= 11 is 4.46. The van der Waals surface area contributed by atoms with Crippen LogP contribution >= 0.6 is 38.5 Å². The minimum absolute atomic E-state index is 0.00266. The van der Waals surface area contributed by atoms with E-state index in [9.17, 15) is 17.2 Å². The van der Waals surface area contributed by atoms with Gasteiger partial charge in [-0.1, -0.05) is 0 Å². The van der Waals surface area contributed by atoms with Crippen LogP contribution < -0.4 is 5.14 Å². The van der Waals surface area contributed by atoms with Gasteiger partial charge in [0, 0.05) is 10.7 Å². The molecule has 0 aliphatic rings. The molecule has 0 bridgehead atoms. The summed E-state index contributed by atoms with van der Waals surface area (Å²) in [5.74, 6) is 0. The molecule has 1 rings (SSSR count). The van der Waals surface area contributed by atoms with Crippen LogP contribution in [0.2, 0.25) is 0 Å². The van der Waals surface area contributed by atoms with Gasteiger partial charge in [0.15, 0.2) is 5.03 Å². The van der Waals surface area contributed by atoms with Crippen molar-refractivity contribution in [3.05, 3.63) is 19.8 Å². The third-order valence-corrected chi connectivity index (χ3v) is 5.32. The molecule has 15 heavy (non-hydrogen) atoms. The van der Waals surface area contributed by atoms with Crippen molar-refractivity contribution in [1.29, 1.82) is 0 Å². The summed E-state index contributed by atoms with van der Waals surface area (Å²) in [6, 6.07) is 0. The Labute approximate surface area is 107 Å². The summed E-state index contributed by atoms with van der Waals surface area (Å²) in [5.41, 5.74) is -0.369. The van der Waals surface area contributed by atoms with Gasteiger partial charge in [0.25, 0.3) is 16.4 Å². The third kappa shape index (κ3) is 2.82. The van der Waals surface area contributed by atoms with Crippen LogP contribution in [-0.2, 0) is 10.0 Å². The Bertz CT molecular complexity index is 494. The Balaban J connectivity index is 3.48. The van der Waals surface area contributed by atoms with Crippen LogP contribution in [-0.4, -0.2) is 13.4 Å². The second kappa shape index (κ2) is 4.55. The zero-order chi connectivity index (χ0) is 11.8. The molecule has 0 aromatic carbocycles. The number of hydrogen-bond donors (Lipinski definition) is 1. The summed E-state index contributed by atoms with van der Waals surface area (Å²) in [4.78, 5) is 3.40. The number of nitrogens with two attached hydrogens (primary N) is 1. The maximum Gasteiger partial charge on any atom is 0.266 e. The SMILES string of the molecule is NS(=O)(=O)c1ncc(C(F)F)c(Br)c1I. The molecule has 0 radical (unpaired) electrons. The summed E-state index contributed by atoms with van der Waals surface area (Å²) in [5, 5.41) is 4.43. The molecule has 1 aromatic rings. The fraction of sp³-hybridized carbons (Fsp3) is 0.167. The van der Waals surface area contributed by atoms with Crippen molar-refractivity contribution in [2.75, 3.05) is 0 Å². The molecule has 0 atom stereocenters. The molecule has 0 aliphatic carbocycles. The molecule has 0 saturated heterocycles. The first-order valence-electron chi connectivity index (χ1n) is 3.40. The summed E-state index contributed by atoms with van der Waals surface area (Å²) < 4.78 is 46.8. The number of pyridine rings is 1. The predicted molar refractivity (Wildman–Crippen MR) is 61.0 cm³/mol. The van der Waals surface area contributed by atoms with Crippen molar-refractivity contribution in [2.24, 2.45) is 5.14 Å². The second-order valence-corrected chi connectivity index (χ2v) is 5.84. The van der Waals surface area contributed by atoms with Gasteiger partial charge in [-0.3, -0.25) is 0 Å². The fourth-order valence-electron chi connectivity index (χ4n) is 0.813. The number of alkyl halides is 2. The Hall–Kier alpha value is 0.130. The Morgan fingerprint density at radius 2 is 2.07 bits per heavy atom. The molecule has 0 spiro atoms. The van der Waals surface area contributed by atoms with Crippen molar-refractivity contribution in [1.82, 2.24) is 4.98 Å². The van der Waals surface area contributed by atoms with Gasteiger partial charge in [0.1, 0.15) is 0 Å². The zero-order valence-corrected chi connectivity index (χ0v) is 11.5. The molecule has 0 aliphatic heterocycles. The van der Waals surface area contributed by atoms with E-state index in [0.29, 0.717) is 0 Å². The van der Waals surface area contributed by atoms with Gasteiger partial charge >= 0.3 is 0 Å². The number of primary sulfonamides is 1. The Morgan fingerprint density at radius 3 is 2.47 bits per heavy atom. The van der Waals surface area contributed by atoms with Crippen LogP contribution in [0.25, 0.3) is 0 Å². The van der Waals surface area contributed by atoms with Crippen LogP contribution in [0.4, 0.5) is 8.78 Å². The van der Waals surface area contributed by atoms with Gasteiger partial charge in [0.05, 0.1) is 9.13 Å². The average molecular weight is 413 g/mol. The molecule has 2 N–H and O–H groups in total. The fourth-order valence-corrected chi connectivity index (χ4v) is 3.33. The van der Waals surface area contributed by atoms with E-state index in [-0.39, 0.29) is 13.6 Å². The molecule has 1 heterocycles. The highest BCUT2D eigenvalue weighted by Crippen LogP contribution is 2.32. The molecule has 1 aromatic heterocycles. The highest BCUT2D eigenvalue weighted by Gasteiger charge is 2.22. The van der Waals surface area contributed by atoms with E-state index >= 15 is 0 Å². The van der Waals surface area contributed by atoms with E-state index in [0.717, 1.165) is 6.20 Å². The van der Waals surface area contributed by atoms with E-state index in [1.54, 1.807) is 22.6 Å². The van der Waals surface area contributed by atoms with Crippen LogP contribution in [0, 0.1) is 3.57 Å². The maximum absolute atomic E-state index is 12.4. The molecule has 0 saturated carbocycles. The van der Waals surface area contributed by atoms with Crippen molar-refractivity contribution in [3.8, 4) is 0 Å². The Kier molecular flexibility index (Phi) is 4.01. The number of rotatable bonds is 2. The van der Waals surface area contributed by atoms with Gasteiger partial charge in [-0.05, 0) is 38.5 Å². The number of hydrogen-bond acceptors (Lipinski definition) is 3. The monoisotopic (exact) mass is 412 g/mol. The van der Waals surface area contributed by atoms with E-state index in [1.807, 2.05) is 0 Å². The minimum Gasteiger partial charge on any atom is -0.242 e. The van der Waals surface area contributed by atoms with Gasteiger partial charge in [-0.2, -0.15) is 0 Å². The normalized spacial score (nSPS) is 12.1. The third-order valence-electron chi connectivity index (χ3n) is 1.46. The Morgan fingerprint density at radius 1 is 1.53 bits per heavy atom. The average Bonchev–Trinajstić information content (AvgIpc) is 2.06. The molecule has 0 amide bonds. The standard InChI is InChI=1S/C6H4BrF2IN2O2S/c7-3-2(5(8)9)1-12-6(4(3)10)15(11,13)14/h1,5H,(H2,11,13,14). The van der Waals surface area contributed by atoms with Crippen LogP contribution in [0.15, 0.2) is 15.7 Å². The molecule has 0 fully saturated rings. The lowest BCUT2D eigenvalue weighted by atomic mass is 10.3. The van der Waals surface area contributed by atoms with E-state index in [1.165, 1.54) is 0 Å². The van der Waals surface area contributed by atoms with E-state index in [2.05, 4.69) is 20.9 Å². The number of sulfonamides is 1. The smallest absolute Gasteiger partial charge is 0.242 e. The first-order chi connectivity index (χ1) is 6.75. The topological polar surface area (TPSA) is 73.1 Å². The van der Waals surface area contributed by atoms with Gasteiger partial charge in [-0.15, -0.1) is 0 Å². The van der Waals surface area contributed by atoms with Crippen LogP contribution in [0.3, 0.4) is 0 Å². The molecular formula is C6H4BrF2IN2O2S. The summed E-state index contributed by atoms with van der Waals surface area (Å²) in [6.45, 7) is 0. The van der Waals surface area contributed by atoms with Gasteiger partial charge in [0.2, 0.25) is 0 Å². The molecule has 4 nitrogen and oxygen atoms in total. The quantitative estimate of drug-likeness (QED) is 0.755. The first-order valence-corrected chi connectivity index (χ1v) is 6.81. The van der Waals surface area contributed by atoms with Crippen molar-refractivity contribution < 1.29 is 17.2 Å². The first kappa shape index (κ1) is 13.2. The molecular weight excluding hydrogens is 409 g/mol. The predicted octanol–water partition coefficient (Wildman–Crippen LogP) is 2.03. The zero-order valence-electron chi connectivity index (χ0n) is 6.92.